The monoisotopic (exact) mass is 266 g/mol. The lowest BCUT2D eigenvalue weighted by Crippen LogP contribution is -2.29. The minimum Gasteiger partial charge on any atom is -0.496 e. The van der Waals surface area contributed by atoms with Crippen LogP contribution in [-0.2, 0) is 0 Å². The summed E-state index contributed by atoms with van der Waals surface area (Å²) in [4.78, 5) is 0.865. The Kier molecular flexibility index (Phi) is 3.96. The predicted molar refractivity (Wildman–Crippen MR) is 71.2 cm³/mol. The van der Waals surface area contributed by atoms with Gasteiger partial charge in [-0.15, -0.1) is 11.3 Å². The maximum absolute atomic E-state index is 13.9. The zero-order valence-corrected chi connectivity index (χ0v) is 11.1. The van der Waals surface area contributed by atoms with E-state index in [2.05, 4.69) is 5.43 Å². The number of thiophene rings is 1. The van der Waals surface area contributed by atoms with Crippen molar-refractivity contribution in [2.24, 2.45) is 5.84 Å². The fourth-order valence-electron chi connectivity index (χ4n) is 1.88. The first kappa shape index (κ1) is 13.0. The van der Waals surface area contributed by atoms with E-state index in [1.807, 2.05) is 18.4 Å². The van der Waals surface area contributed by atoms with Gasteiger partial charge in [-0.3, -0.25) is 5.84 Å². The van der Waals surface area contributed by atoms with Crippen molar-refractivity contribution in [1.82, 2.24) is 5.43 Å². The van der Waals surface area contributed by atoms with Crippen LogP contribution in [0.4, 0.5) is 4.39 Å². The van der Waals surface area contributed by atoms with Gasteiger partial charge in [-0.1, -0.05) is 17.7 Å². The fraction of sp³-hybridized carbons (Fsp3) is 0.231. The molecule has 0 amide bonds. The minimum atomic E-state index is -0.403. The Labute approximate surface area is 109 Å². The number of halogens is 1. The number of hydrazine groups is 1. The molecule has 0 spiro atoms. The van der Waals surface area contributed by atoms with Gasteiger partial charge in [0.15, 0.2) is 0 Å². The van der Waals surface area contributed by atoms with Crippen molar-refractivity contribution in [1.29, 1.82) is 0 Å². The number of nitrogens with one attached hydrogen (secondary N) is 1. The molecule has 0 aliphatic heterocycles. The van der Waals surface area contributed by atoms with Crippen LogP contribution in [0.3, 0.4) is 0 Å². The average Bonchev–Trinajstić information content (AvgIpc) is 2.83. The molecule has 3 N–H and O–H groups in total. The highest BCUT2D eigenvalue weighted by Crippen LogP contribution is 2.35. The lowest BCUT2D eigenvalue weighted by atomic mass is 10.0. The summed E-state index contributed by atoms with van der Waals surface area (Å²) in [6, 6.07) is 6.42. The van der Waals surface area contributed by atoms with Crippen LogP contribution >= 0.6 is 11.3 Å². The molecule has 1 aromatic carbocycles. The van der Waals surface area contributed by atoms with Crippen molar-refractivity contribution in [3.05, 3.63) is 51.5 Å². The first-order valence-corrected chi connectivity index (χ1v) is 6.39. The van der Waals surface area contributed by atoms with Gasteiger partial charge >= 0.3 is 0 Å². The van der Waals surface area contributed by atoms with Gasteiger partial charge in [0.1, 0.15) is 11.6 Å². The van der Waals surface area contributed by atoms with Crippen LogP contribution in [0.2, 0.25) is 0 Å². The molecule has 1 heterocycles. The Morgan fingerprint density at radius 3 is 2.83 bits per heavy atom. The molecule has 96 valence electrons. The topological polar surface area (TPSA) is 47.3 Å². The second-order valence-electron chi connectivity index (χ2n) is 3.98. The van der Waals surface area contributed by atoms with Crippen molar-refractivity contribution in [2.75, 3.05) is 7.11 Å². The molecule has 3 nitrogen and oxygen atoms in total. The highest BCUT2D eigenvalue weighted by atomic mass is 32.1. The maximum Gasteiger partial charge on any atom is 0.134 e. The first-order valence-electron chi connectivity index (χ1n) is 5.51. The van der Waals surface area contributed by atoms with E-state index in [-0.39, 0.29) is 5.82 Å². The Morgan fingerprint density at radius 2 is 2.17 bits per heavy atom. The number of rotatable bonds is 4. The summed E-state index contributed by atoms with van der Waals surface area (Å²) >= 11 is 1.48. The van der Waals surface area contributed by atoms with Crippen LogP contribution in [0.25, 0.3) is 0 Å². The van der Waals surface area contributed by atoms with Crippen molar-refractivity contribution < 1.29 is 9.13 Å². The largest absolute Gasteiger partial charge is 0.496 e. The van der Waals surface area contributed by atoms with Crippen molar-refractivity contribution >= 4 is 11.3 Å². The zero-order chi connectivity index (χ0) is 13.1. The van der Waals surface area contributed by atoms with Gasteiger partial charge in [0.2, 0.25) is 0 Å². The van der Waals surface area contributed by atoms with Crippen LogP contribution in [0.1, 0.15) is 22.0 Å². The third kappa shape index (κ3) is 2.38. The molecule has 0 fully saturated rings. The lowest BCUT2D eigenvalue weighted by molar-refractivity contribution is 0.407. The van der Waals surface area contributed by atoms with Gasteiger partial charge < -0.3 is 4.74 Å². The minimum absolute atomic E-state index is 0.279. The molecule has 0 aliphatic carbocycles. The third-order valence-electron chi connectivity index (χ3n) is 2.77. The van der Waals surface area contributed by atoms with E-state index < -0.39 is 6.04 Å². The number of hydrogen-bond acceptors (Lipinski definition) is 4. The predicted octanol–water partition coefficient (Wildman–Crippen LogP) is 2.76. The molecule has 0 aliphatic rings. The first-order chi connectivity index (χ1) is 8.67. The van der Waals surface area contributed by atoms with Gasteiger partial charge in [-0.25, -0.2) is 9.82 Å². The maximum atomic E-state index is 13.9. The summed E-state index contributed by atoms with van der Waals surface area (Å²) in [5.41, 5.74) is 4.17. The van der Waals surface area contributed by atoms with Crippen LogP contribution in [0, 0.1) is 12.7 Å². The average molecular weight is 266 g/mol. The Balaban J connectivity index is 2.48. The Hall–Kier alpha value is -1.43. The Bertz CT molecular complexity index is 542. The third-order valence-corrected chi connectivity index (χ3v) is 3.73. The molecule has 0 radical (unpaired) electrons. The SMILES string of the molecule is COc1ccsc1C(NN)c1cc(C)ccc1F. The molecule has 1 unspecified atom stereocenters. The van der Waals surface area contributed by atoms with Crippen LogP contribution < -0.4 is 16.0 Å². The molecule has 1 atom stereocenters. The van der Waals surface area contributed by atoms with Crippen molar-refractivity contribution in [3.63, 3.8) is 0 Å². The van der Waals surface area contributed by atoms with Gasteiger partial charge in [-0.05, 0) is 24.4 Å². The van der Waals surface area contributed by atoms with E-state index in [0.717, 1.165) is 10.4 Å². The molecule has 2 rings (SSSR count). The molecule has 5 heteroatoms. The molecular weight excluding hydrogens is 251 g/mol. The van der Waals surface area contributed by atoms with Gasteiger partial charge in [0, 0.05) is 5.56 Å². The number of ether oxygens (including phenoxy) is 1. The quantitative estimate of drug-likeness (QED) is 0.661. The fourth-order valence-corrected chi connectivity index (χ4v) is 2.82. The molecule has 0 bridgehead atoms. The summed E-state index contributed by atoms with van der Waals surface area (Å²) in [5, 5.41) is 1.90. The molecule has 2 aromatic rings. The van der Waals surface area contributed by atoms with Crippen molar-refractivity contribution in [3.8, 4) is 5.75 Å². The van der Waals surface area contributed by atoms with E-state index in [0.29, 0.717) is 11.3 Å². The molecule has 0 saturated carbocycles. The van der Waals surface area contributed by atoms with Gasteiger partial charge in [-0.2, -0.15) is 0 Å². The van der Waals surface area contributed by atoms with Gasteiger partial charge in [0.25, 0.3) is 0 Å². The zero-order valence-electron chi connectivity index (χ0n) is 10.2. The summed E-state index contributed by atoms with van der Waals surface area (Å²) < 4.78 is 19.2. The highest BCUT2D eigenvalue weighted by Gasteiger charge is 2.21. The number of hydrogen-bond donors (Lipinski definition) is 2. The molecule has 0 saturated heterocycles. The number of nitrogens with two attached hydrogens (primary N) is 1. The number of methoxy groups -OCH3 is 1. The second kappa shape index (κ2) is 5.48. The molecule has 18 heavy (non-hydrogen) atoms. The van der Waals surface area contributed by atoms with Gasteiger partial charge in [0.05, 0.1) is 18.0 Å². The number of benzene rings is 1. The van der Waals surface area contributed by atoms with E-state index in [1.165, 1.54) is 17.4 Å². The van der Waals surface area contributed by atoms with E-state index in [1.54, 1.807) is 19.2 Å². The van der Waals surface area contributed by atoms with Crippen LogP contribution in [0.15, 0.2) is 29.6 Å². The summed E-state index contributed by atoms with van der Waals surface area (Å²) in [6.45, 7) is 1.92. The summed E-state index contributed by atoms with van der Waals surface area (Å²) in [5.74, 6) is 6.01. The molecule has 1 aromatic heterocycles. The van der Waals surface area contributed by atoms with E-state index in [4.69, 9.17) is 10.6 Å². The Morgan fingerprint density at radius 1 is 1.39 bits per heavy atom. The van der Waals surface area contributed by atoms with Crippen molar-refractivity contribution in [2.45, 2.75) is 13.0 Å². The lowest BCUT2D eigenvalue weighted by Gasteiger charge is -2.17. The van der Waals surface area contributed by atoms with Crippen LogP contribution in [-0.4, -0.2) is 7.11 Å². The highest BCUT2D eigenvalue weighted by molar-refractivity contribution is 7.10. The smallest absolute Gasteiger partial charge is 0.134 e. The molecular formula is C13H15FN2OS. The summed E-state index contributed by atoms with van der Waals surface area (Å²) in [7, 11) is 1.59. The van der Waals surface area contributed by atoms with E-state index >= 15 is 0 Å². The standard InChI is InChI=1S/C13H15FN2OS/c1-8-3-4-10(14)9(7-8)12(16-15)13-11(17-2)5-6-18-13/h3-7,12,16H,15H2,1-2H3. The van der Waals surface area contributed by atoms with Crippen LogP contribution in [0.5, 0.6) is 5.75 Å². The number of aryl methyl sites for hydroxylation is 1. The van der Waals surface area contributed by atoms with E-state index in [9.17, 15) is 4.39 Å². The normalized spacial score (nSPS) is 12.4. The summed E-state index contributed by atoms with van der Waals surface area (Å²) in [6.07, 6.45) is 0. The second-order valence-corrected chi connectivity index (χ2v) is 4.93.